The minimum atomic E-state index is 0. The van der Waals surface area contributed by atoms with Crippen LogP contribution in [0.2, 0.25) is 0 Å². The van der Waals surface area contributed by atoms with Crippen LogP contribution < -0.4 is 10.5 Å². The summed E-state index contributed by atoms with van der Waals surface area (Å²) in [7, 11) is 3.76. The number of rotatable bonds is 4. The maximum atomic E-state index is 6.11. The monoisotopic (exact) mass is 401 g/mol. The normalized spacial score (nSPS) is 27.8. The van der Waals surface area contributed by atoms with E-state index in [-0.39, 0.29) is 35.4 Å². The van der Waals surface area contributed by atoms with Crippen LogP contribution in [0.5, 0.6) is 5.75 Å². The van der Waals surface area contributed by atoms with Crippen LogP contribution in [0, 0.1) is 0 Å². The SMILES string of the molecule is COc1ccccc1C1(C)CC1N=C(N)N(C)C1CC1.I. The second-order valence-corrected chi connectivity index (χ2v) is 6.17. The van der Waals surface area contributed by atoms with E-state index in [4.69, 9.17) is 15.5 Å². The molecule has 2 atom stereocenters. The van der Waals surface area contributed by atoms with Gasteiger partial charge in [0.15, 0.2) is 5.96 Å². The summed E-state index contributed by atoms with van der Waals surface area (Å²) in [6, 6.07) is 9.08. The predicted octanol–water partition coefficient (Wildman–Crippen LogP) is 2.75. The van der Waals surface area contributed by atoms with Crippen molar-refractivity contribution < 1.29 is 4.74 Å². The summed E-state index contributed by atoms with van der Waals surface area (Å²) in [5.41, 5.74) is 7.41. The summed E-state index contributed by atoms with van der Waals surface area (Å²) >= 11 is 0. The third kappa shape index (κ3) is 3.12. The summed E-state index contributed by atoms with van der Waals surface area (Å²) in [5.74, 6) is 1.62. The largest absolute Gasteiger partial charge is 0.496 e. The molecular formula is C16H24IN3O. The van der Waals surface area contributed by atoms with Crippen molar-refractivity contribution in [3.63, 3.8) is 0 Å². The number of nitrogens with zero attached hydrogens (tertiary/aromatic N) is 2. The summed E-state index contributed by atoms with van der Waals surface area (Å²) in [5, 5.41) is 0. The van der Waals surface area contributed by atoms with E-state index in [1.54, 1.807) is 7.11 Å². The van der Waals surface area contributed by atoms with Crippen LogP contribution in [0.3, 0.4) is 0 Å². The second kappa shape index (κ2) is 6.02. The van der Waals surface area contributed by atoms with E-state index in [0.29, 0.717) is 12.0 Å². The molecule has 21 heavy (non-hydrogen) atoms. The number of hydrogen-bond donors (Lipinski definition) is 1. The summed E-state index contributed by atoms with van der Waals surface area (Å²) in [4.78, 5) is 6.83. The standard InChI is InChI=1S/C16H23N3O.HI/c1-16(12-6-4-5-7-13(12)20-3)10-14(16)18-15(17)19(2)11-8-9-11;/h4-7,11,14H,8-10H2,1-3H3,(H2,17,18);1H. The van der Waals surface area contributed by atoms with Crippen molar-refractivity contribution in [1.82, 2.24) is 4.90 Å². The van der Waals surface area contributed by atoms with Crippen LogP contribution in [0.4, 0.5) is 0 Å². The fraction of sp³-hybridized carbons (Fsp3) is 0.562. The molecule has 2 aliphatic rings. The average molecular weight is 401 g/mol. The predicted molar refractivity (Wildman–Crippen MR) is 96.6 cm³/mol. The highest BCUT2D eigenvalue weighted by Gasteiger charge is 2.53. The first-order valence-corrected chi connectivity index (χ1v) is 7.26. The van der Waals surface area contributed by atoms with E-state index in [0.717, 1.165) is 12.2 Å². The number of benzene rings is 1. The topological polar surface area (TPSA) is 50.9 Å². The zero-order chi connectivity index (χ0) is 14.3. The quantitative estimate of drug-likeness (QED) is 0.480. The second-order valence-electron chi connectivity index (χ2n) is 6.17. The zero-order valence-electron chi connectivity index (χ0n) is 12.9. The van der Waals surface area contributed by atoms with Gasteiger partial charge in [-0.2, -0.15) is 0 Å². The van der Waals surface area contributed by atoms with Crippen LogP contribution in [-0.4, -0.2) is 37.1 Å². The molecule has 4 nitrogen and oxygen atoms in total. The number of guanidine groups is 1. The van der Waals surface area contributed by atoms with Crippen molar-refractivity contribution in [2.24, 2.45) is 10.7 Å². The van der Waals surface area contributed by atoms with E-state index < -0.39 is 0 Å². The fourth-order valence-electron chi connectivity index (χ4n) is 2.84. The Labute approximate surface area is 143 Å². The Hall–Kier alpha value is -0.980. The third-order valence-electron chi connectivity index (χ3n) is 4.66. The van der Waals surface area contributed by atoms with Gasteiger partial charge in [0.1, 0.15) is 5.75 Å². The first-order valence-electron chi connectivity index (χ1n) is 7.26. The summed E-state index contributed by atoms with van der Waals surface area (Å²) < 4.78 is 5.47. The molecule has 3 rings (SSSR count). The van der Waals surface area contributed by atoms with Crippen LogP contribution in [0.1, 0.15) is 31.7 Å². The van der Waals surface area contributed by atoms with Crippen molar-refractivity contribution >= 4 is 29.9 Å². The Morgan fingerprint density at radius 1 is 1.38 bits per heavy atom. The van der Waals surface area contributed by atoms with Crippen molar-refractivity contribution in [1.29, 1.82) is 0 Å². The van der Waals surface area contributed by atoms with E-state index >= 15 is 0 Å². The summed E-state index contributed by atoms with van der Waals surface area (Å²) in [6.45, 7) is 2.24. The minimum Gasteiger partial charge on any atom is -0.496 e. The number of ether oxygens (including phenoxy) is 1. The first-order chi connectivity index (χ1) is 9.56. The Balaban J connectivity index is 0.00000161. The average Bonchev–Trinajstić information content (AvgIpc) is 3.36. The van der Waals surface area contributed by atoms with Gasteiger partial charge in [-0.25, -0.2) is 4.99 Å². The molecule has 2 unspecified atom stereocenters. The Morgan fingerprint density at radius 3 is 2.67 bits per heavy atom. The number of methoxy groups -OCH3 is 1. The van der Waals surface area contributed by atoms with Crippen LogP contribution in [0.25, 0.3) is 0 Å². The molecular weight excluding hydrogens is 377 g/mol. The van der Waals surface area contributed by atoms with Gasteiger partial charge in [-0.15, -0.1) is 24.0 Å². The van der Waals surface area contributed by atoms with E-state index in [9.17, 15) is 0 Å². The van der Waals surface area contributed by atoms with E-state index in [2.05, 4.69) is 24.0 Å². The molecule has 0 aliphatic heterocycles. The number of nitrogens with two attached hydrogens (primary N) is 1. The fourth-order valence-corrected chi connectivity index (χ4v) is 2.84. The molecule has 5 heteroatoms. The molecule has 0 heterocycles. The highest BCUT2D eigenvalue weighted by Crippen LogP contribution is 2.53. The number of hydrogen-bond acceptors (Lipinski definition) is 2. The van der Waals surface area contributed by atoms with Gasteiger partial charge in [-0.1, -0.05) is 25.1 Å². The highest BCUT2D eigenvalue weighted by atomic mass is 127. The Morgan fingerprint density at radius 2 is 2.05 bits per heavy atom. The molecule has 116 valence electrons. The van der Waals surface area contributed by atoms with E-state index in [1.807, 2.05) is 19.2 Å². The molecule has 0 aromatic heterocycles. The number of halogens is 1. The molecule has 2 N–H and O–H groups in total. The molecule has 0 saturated heterocycles. The number of para-hydroxylation sites is 1. The van der Waals surface area contributed by atoms with Gasteiger partial charge in [-0.05, 0) is 25.3 Å². The molecule has 0 bridgehead atoms. The minimum absolute atomic E-state index is 0. The molecule has 0 spiro atoms. The van der Waals surface area contributed by atoms with Crippen LogP contribution >= 0.6 is 24.0 Å². The number of aliphatic imine (C=N–C) groups is 1. The van der Waals surface area contributed by atoms with Crippen molar-refractivity contribution in [3.05, 3.63) is 29.8 Å². The molecule has 0 radical (unpaired) electrons. The van der Waals surface area contributed by atoms with Gasteiger partial charge >= 0.3 is 0 Å². The molecule has 2 fully saturated rings. The zero-order valence-corrected chi connectivity index (χ0v) is 15.2. The molecule has 1 aromatic rings. The molecule has 2 saturated carbocycles. The van der Waals surface area contributed by atoms with Crippen molar-refractivity contribution in [2.75, 3.05) is 14.2 Å². The van der Waals surface area contributed by atoms with Crippen LogP contribution in [-0.2, 0) is 5.41 Å². The lowest BCUT2D eigenvalue weighted by Crippen LogP contribution is -2.36. The highest BCUT2D eigenvalue weighted by molar-refractivity contribution is 14.0. The smallest absolute Gasteiger partial charge is 0.191 e. The van der Waals surface area contributed by atoms with Gasteiger partial charge in [0, 0.05) is 24.1 Å². The maximum absolute atomic E-state index is 6.11. The third-order valence-corrected chi connectivity index (χ3v) is 4.66. The van der Waals surface area contributed by atoms with Crippen molar-refractivity contribution in [3.8, 4) is 5.75 Å². The van der Waals surface area contributed by atoms with Gasteiger partial charge in [0.25, 0.3) is 0 Å². The Bertz CT molecular complexity index is 544. The lowest BCUT2D eigenvalue weighted by Gasteiger charge is -2.18. The Kier molecular flexibility index (Phi) is 4.70. The first kappa shape index (κ1) is 16.4. The van der Waals surface area contributed by atoms with Gasteiger partial charge in [0.2, 0.25) is 0 Å². The maximum Gasteiger partial charge on any atom is 0.191 e. The van der Waals surface area contributed by atoms with Gasteiger partial charge < -0.3 is 15.4 Å². The lowest BCUT2D eigenvalue weighted by atomic mass is 9.96. The van der Waals surface area contributed by atoms with Gasteiger partial charge in [0.05, 0.1) is 13.2 Å². The van der Waals surface area contributed by atoms with Gasteiger partial charge in [-0.3, -0.25) is 0 Å². The molecule has 0 amide bonds. The van der Waals surface area contributed by atoms with Crippen molar-refractivity contribution in [2.45, 2.75) is 43.7 Å². The van der Waals surface area contributed by atoms with Crippen LogP contribution in [0.15, 0.2) is 29.3 Å². The molecule has 2 aliphatic carbocycles. The lowest BCUT2D eigenvalue weighted by molar-refractivity contribution is 0.404. The van der Waals surface area contributed by atoms with E-state index in [1.165, 1.54) is 18.4 Å². The molecule has 1 aromatic carbocycles. The summed E-state index contributed by atoms with van der Waals surface area (Å²) in [6.07, 6.45) is 3.51.